The van der Waals surface area contributed by atoms with Gasteiger partial charge in [0.25, 0.3) is 0 Å². The minimum absolute atomic E-state index is 0.394. The van der Waals surface area contributed by atoms with Crippen molar-refractivity contribution in [3.8, 4) is 0 Å². The largest absolute Gasteiger partial charge is 0.416 e. The van der Waals surface area contributed by atoms with E-state index in [1.165, 1.54) is 6.07 Å². The number of hydrogen-bond acceptors (Lipinski definition) is 1. The summed E-state index contributed by atoms with van der Waals surface area (Å²) in [6, 6.07) is 3.77. The first-order valence-electron chi connectivity index (χ1n) is 4.93. The molecule has 0 saturated heterocycles. The predicted molar refractivity (Wildman–Crippen MR) is 59.0 cm³/mol. The summed E-state index contributed by atoms with van der Waals surface area (Å²) in [7, 11) is 0. The lowest BCUT2D eigenvalue weighted by atomic mass is 9.86. The van der Waals surface area contributed by atoms with Crippen LogP contribution < -0.4 is 0 Å². The molecule has 92 valence electrons. The molecule has 0 aliphatic heterocycles. The van der Waals surface area contributed by atoms with Crippen LogP contribution in [0, 0.1) is 0 Å². The monoisotopic (exact) mass is 243 g/mol. The molecule has 0 N–H and O–H groups in total. The standard InChI is InChI=1S/C11H12F3N3/c1-10(2,3)7-4-5-9(16-17-15)8(6-7)11(12,13)14/h4-6H,1-3H3. The first kappa shape index (κ1) is 13.4. The highest BCUT2D eigenvalue weighted by atomic mass is 19.4. The quantitative estimate of drug-likeness (QED) is 0.381. The first-order valence-corrected chi connectivity index (χ1v) is 4.93. The van der Waals surface area contributed by atoms with Crippen molar-refractivity contribution >= 4 is 5.69 Å². The van der Waals surface area contributed by atoms with Gasteiger partial charge in [0.1, 0.15) is 0 Å². The number of rotatable bonds is 1. The molecule has 0 heterocycles. The van der Waals surface area contributed by atoms with Crippen molar-refractivity contribution in [3.63, 3.8) is 0 Å². The third kappa shape index (κ3) is 3.14. The van der Waals surface area contributed by atoms with Crippen molar-refractivity contribution in [2.75, 3.05) is 0 Å². The molecular weight excluding hydrogens is 231 g/mol. The van der Waals surface area contributed by atoms with Crippen LogP contribution in [0.25, 0.3) is 10.4 Å². The van der Waals surface area contributed by atoms with Crippen molar-refractivity contribution in [3.05, 3.63) is 39.8 Å². The summed E-state index contributed by atoms with van der Waals surface area (Å²) >= 11 is 0. The lowest BCUT2D eigenvalue weighted by Gasteiger charge is -2.21. The maximum atomic E-state index is 12.8. The summed E-state index contributed by atoms with van der Waals surface area (Å²) in [6.07, 6.45) is -4.52. The Kier molecular flexibility index (Phi) is 3.38. The van der Waals surface area contributed by atoms with E-state index in [4.69, 9.17) is 5.53 Å². The molecule has 1 aromatic carbocycles. The fourth-order valence-electron chi connectivity index (χ4n) is 1.36. The highest BCUT2D eigenvalue weighted by molar-refractivity contribution is 5.50. The lowest BCUT2D eigenvalue weighted by Crippen LogP contribution is -2.13. The van der Waals surface area contributed by atoms with Crippen molar-refractivity contribution in [1.82, 2.24) is 0 Å². The second kappa shape index (κ2) is 4.30. The van der Waals surface area contributed by atoms with Gasteiger partial charge in [-0.15, -0.1) is 0 Å². The summed E-state index contributed by atoms with van der Waals surface area (Å²) in [5, 5.41) is 3.06. The zero-order chi connectivity index (χ0) is 13.3. The number of hydrogen-bond donors (Lipinski definition) is 0. The van der Waals surface area contributed by atoms with Crippen molar-refractivity contribution in [2.24, 2.45) is 5.11 Å². The topological polar surface area (TPSA) is 48.8 Å². The van der Waals surface area contributed by atoms with Crippen molar-refractivity contribution in [2.45, 2.75) is 32.4 Å². The zero-order valence-electron chi connectivity index (χ0n) is 9.71. The average molecular weight is 243 g/mol. The van der Waals surface area contributed by atoms with Crippen LogP contribution in [-0.2, 0) is 11.6 Å². The molecule has 17 heavy (non-hydrogen) atoms. The summed E-state index contributed by atoms with van der Waals surface area (Å²) in [6.45, 7) is 5.45. The van der Waals surface area contributed by atoms with Crippen LogP contribution in [0.15, 0.2) is 23.3 Å². The molecule has 0 bridgehead atoms. The van der Waals surface area contributed by atoms with Crippen LogP contribution in [0.5, 0.6) is 0 Å². The second-order valence-electron chi connectivity index (χ2n) is 4.67. The Morgan fingerprint density at radius 2 is 1.76 bits per heavy atom. The molecule has 0 saturated carbocycles. The first-order chi connectivity index (χ1) is 7.66. The van der Waals surface area contributed by atoms with E-state index < -0.39 is 22.8 Å². The molecule has 0 radical (unpaired) electrons. The Bertz CT molecular complexity index is 466. The van der Waals surface area contributed by atoms with E-state index in [1.807, 2.05) is 20.8 Å². The molecule has 6 heteroatoms. The Morgan fingerprint density at radius 3 is 2.18 bits per heavy atom. The van der Waals surface area contributed by atoms with E-state index in [1.54, 1.807) is 6.07 Å². The minimum atomic E-state index is -4.52. The molecule has 1 rings (SSSR count). The number of nitrogens with zero attached hydrogens (tertiary/aromatic N) is 3. The van der Waals surface area contributed by atoms with Crippen molar-refractivity contribution < 1.29 is 13.2 Å². The number of azide groups is 1. The smallest absolute Gasteiger partial charge is 0.166 e. The summed E-state index contributed by atoms with van der Waals surface area (Å²) in [4.78, 5) is 2.40. The molecule has 1 aromatic rings. The molecular formula is C11H12F3N3. The van der Waals surface area contributed by atoms with Gasteiger partial charge in [-0.05, 0) is 22.6 Å². The average Bonchev–Trinajstić information content (AvgIpc) is 2.15. The van der Waals surface area contributed by atoms with E-state index in [-0.39, 0.29) is 0 Å². The molecule has 0 aromatic heterocycles. The van der Waals surface area contributed by atoms with Crippen LogP contribution in [0.4, 0.5) is 18.9 Å². The second-order valence-corrected chi connectivity index (χ2v) is 4.67. The molecule has 0 atom stereocenters. The van der Waals surface area contributed by atoms with E-state index in [2.05, 4.69) is 10.0 Å². The normalized spacial score (nSPS) is 12.1. The van der Waals surface area contributed by atoms with E-state index in [0.29, 0.717) is 5.56 Å². The fraction of sp³-hybridized carbons (Fsp3) is 0.455. The molecule has 0 fully saturated rings. The fourth-order valence-corrected chi connectivity index (χ4v) is 1.36. The van der Waals surface area contributed by atoms with Gasteiger partial charge in [0, 0.05) is 10.6 Å². The molecule has 0 aliphatic rings. The van der Waals surface area contributed by atoms with Gasteiger partial charge in [0.15, 0.2) is 0 Å². The van der Waals surface area contributed by atoms with Gasteiger partial charge in [-0.25, -0.2) is 0 Å². The molecule has 0 spiro atoms. The van der Waals surface area contributed by atoms with Gasteiger partial charge >= 0.3 is 6.18 Å². The Labute approximate surface area is 96.9 Å². The third-order valence-electron chi connectivity index (χ3n) is 2.32. The Morgan fingerprint density at radius 1 is 1.18 bits per heavy atom. The van der Waals surface area contributed by atoms with E-state index >= 15 is 0 Å². The SMILES string of the molecule is CC(C)(C)c1ccc(N=[N+]=[N-])c(C(F)(F)F)c1. The predicted octanol–water partition coefficient (Wildman–Crippen LogP) is 4.94. The maximum absolute atomic E-state index is 12.8. The van der Waals surface area contributed by atoms with Gasteiger partial charge < -0.3 is 0 Å². The molecule has 0 amide bonds. The van der Waals surface area contributed by atoms with Gasteiger partial charge in [-0.3, -0.25) is 0 Å². The van der Waals surface area contributed by atoms with Gasteiger partial charge in [-0.1, -0.05) is 38.0 Å². The number of benzene rings is 1. The summed E-state index contributed by atoms with van der Waals surface area (Å²) in [5.41, 5.74) is 7.08. The Balaban J connectivity index is 3.45. The molecule has 3 nitrogen and oxygen atoms in total. The molecule has 0 aliphatic carbocycles. The number of halogens is 3. The minimum Gasteiger partial charge on any atom is -0.166 e. The number of alkyl halides is 3. The highest BCUT2D eigenvalue weighted by Crippen LogP contribution is 2.38. The van der Waals surface area contributed by atoms with Crippen LogP contribution >= 0.6 is 0 Å². The van der Waals surface area contributed by atoms with E-state index in [9.17, 15) is 13.2 Å². The highest BCUT2D eigenvalue weighted by Gasteiger charge is 2.34. The Hall–Kier alpha value is -1.68. The van der Waals surface area contributed by atoms with Gasteiger partial charge in [0.05, 0.1) is 5.56 Å². The zero-order valence-corrected chi connectivity index (χ0v) is 9.71. The van der Waals surface area contributed by atoms with Crippen molar-refractivity contribution in [1.29, 1.82) is 0 Å². The lowest BCUT2D eigenvalue weighted by molar-refractivity contribution is -0.137. The van der Waals surface area contributed by atoms with Crippen LogP contribution in [0.3, 0.4) is 0 Å². The van der Waals surface area contributed by atoms with E-state index in [0.717, 1.165) is 6.07 Å². The van der Waals surface area contributed by atoms with Crippen LogP contribution in [0.1, 0.15) is 31.9 Å². The molecule has 0 unspecified atom stereocenters. The van der Waals surface area contributed by atoms with Gasteiger partial charge in [0.2, 0.25) is 0 Å². The summed E-state index contributed by atoms with van der Waals surface area (Å²) in [5.74, 6) is 0. The van der Waals surface area contributed by atoms with Gasteiger partial charge in [-0.2, -0.15) is 13.2 Å². The van der Waals surface area contributed by atoms with Crippen LogP contribution in [0.2, 0.25) is 0 Å². The maximum Gasteiger partial charge on any atom is 0.416 e. The third-order valence-corrected chi connectivity index (χ3v) is 2.32. The van der Waals surface area contributed by atoms with Crippen LogP contribution in [-0.4, -0.2) is 0 Å². The summed E-state index contributed by atoms with van der Waals surface area (Å²) < 4.78 is 38.3.